The van der Waals surface area contributed by atoms with Crippen molar-refractivity contribution in [3.05, 3.63) is 53.7 Å². The van der Waals surface area contributed by atoms with Crippen LogP contribution in [-0.4, -0.2) is 62.1 Å². The molecule has 0 aliphatic carbocycles. The molecule has 9 nitrogen and oxygen atoms in total. The second kappa shape index (κ2) is 9.70. The number of carbonyl (C=O) groups excluding carboxylic acids is 1. The molecule has 4 heterocycles. The fraction of sp³-hybridized carbons (Fsp3) is 0.333. The quantitative estimate of drug-likeness (QED) is 0.489. The summed E-state index contributed by atoms with van der Waals surface area (Å²) >= 11 is 0. The van der Waals surface area contributed by atoms with Crippen LogP contribution in [0.15, 0.2) is 36.7 Å². The highest BCUT2D eigenvalue weighted by atomic mass is 19.1. The molecule has 1 atom stereocenters. The van der Waals surface area contributed by atoms with E-state index in [0.29, 0.717) is 73.3 Å². The van der Waals surface area contributed by atoms with E-state index in [2.05, 4.69) is 20.6 Å². The average Bonchev–Trinajstić information content (AvgIpc) is 3.23. The molecule has 2 aliphatic rings. The number of hydrogen-bond acceptors (Lipinski definition) is 7. The number of carbonyl (C=O) groups is 1. The molecular formula is C24H25FN4O5. The number of benzene rings is 1. The van der Waals surface area contributed by atoms with Crippen LogP contribution in [-0.2, 0) is 15.9 Å². The third kappa shape index (κ3) is 4.29. The van der Waals surface area contributed by atoms with E-state index >= 15 is 0 Å². The largest absolute Gasteiger partial charge is 0.492 e. The highest BCUT2D eigenvalue weighted by Crippen LogP contribution is 2.42. The molecule has 0 spiro atoms. The number of rotatable bonds is 7. The Morgan fingerprint density at radius 1 is 1.29 bits per heavy atom. The molecule has 1 amide bonds. The Hall–Kier alpha value is -3.63. The summed E-state index contributed by atoms with van der Waals surface area (Å²) in [7, 11) is 1.40. The van der Waals surface area contributed by atoms with Crippen molar-refractivity contribution >= 4 is 17.3 Å². The molecule has 178 valence electrons. The van der Waals surface area contributed by atoms with Gasteiger partial charge in [-0.2, -0.15) is 0 Å². The van der Waals surface area contributed by atoms with Crippen molar-refractivity contribution in [1.82, 2.24) is 15.3 Å². The van der Waals surface area contributed by atoms with Gasteiger partial charge in [0, 0.05) is 30.4 Å². The molecule has 2 aromatic heterocycles. The summed E-state index contributed by atoms with van der Waals surface area (Å²) in [5, 5.41) is 6.10. The highest BCUT2D eigenvalue weighted by molar-refractivity contribution is 6.06. The molecule has 10 heteroatoms. The summed E-state index contributed by atoms with van der Waals surface area (Å²) in [5.74, 6) is -0.151. The van der Waals surface area contributed by atoms with Crippen LogP contribution in [0.1, 0.15) is 16.1 Å². The first-order valence-corrected chi connectivity index (χ1v) is 11.0. The van der Waals surface area contributed by atoms with E-state index in [9.17, 15) is 9.18 Å². The highest BCUT2D eigenvalue weighted by Gasteiger charge is 2.29. The zero-order chi connectivity index (χ0) is 23.5. The number of ether oxygens (including phenoxy) is 4. The van der Waals surface area contributed by atoms with E-state index < -0.39 is 5.82 Å². The molecule has 0 bridgehead atoms. The van der Waals surface area contributed by atoms with Crippen LogP contribution in [0, 0.1) is 5.82 Å². The van der Waals surface area contributed by atoms with E-state index in [4.69, 9.17) is 18.9 Å². The minimum absolute atomic E-state index is 0.0558. The second-order valence-corrected chi connectivity index (χ2v) is 7.93. The fourth-order valence-electron chi connectivity index (χ4n) is 4.17. The smallest absolute Gasteiger partial charge is 0.255 e. The molecule has 5 rings (SSSR count). The van der Waals surface area contributed by atoms with Crippen LogP contribution in [0.2, 0.25) is 0 Å². The monoisotopic (exact) mass is 468 g/mol. The molecule has 0 radical (unpaired) electrons. The topological polar surface area (TPSA) is 107 Å². The average molecular weight is 468 g/mol. The summed E-state index contributed by atoms with van der Waals surface area (Å²) in [6.45, 7) is 2.37. The number of aromatic nitrogens is 2. The SMILES string of the molecule is COc1c(F)cccc1Nc1c(-c2ccncc2OCC2COCCO2)[nH]c2c1C(=O)NCC2. The molecule has 34 heavy (non-hydrogen) atoms. The summed E-state index contributed by atoms with van der Waals surface area (Å²) in [4.78, 5) is 20.4. The molecule has 0 saturated carbocycles. The van der Waals surface area contributed by atoms with E-state index in [1.807, 2.05) is 0 Å². The zero-order valence-electron chi connectivity index (χ0n) is 18.7. The number of amides is 1. The number of para-hydroxylation sites is 1. The van der Waals surface area contributed by atoms with E-state index in [1.54, 1.807) is 30.6 Å². The Bertz CT molecular complexity index is 1190. The summed E-state index contributed by atoms with van der Waals surface area (Å²) in [6, 6.07) is 6.38. The molecule has 3 N–H and O–H groups in total. The van der Waals surface area contributed by atoms with Crippen LogP contribution in [0.25, 0.3) is 11.3 Å². The lowest BCUT2D eigenvalue weighted by atomic mass is 10.0. The van der Waals surface area contributed by atoms with Gasteiger partial charge in [0.05, 0.1) is 55.8 Å². The van der Waals surface area contributed by atoms with E-state index in [1.165, 1.54) is 13.2 Å². The molecule has 1 aromatic carbocycles. The predicted octanol–water partition coefficient (Wildman–Crippen LogP) is 3.05. The first-order valence-electron chi connectivity index (χ1n) is 11.0. The van der Waals surface area contributed by atoms with Crippen LogP contribution in [0.5, 0.6) is 11.5 Å². The number of methoxy groups -OCH3 is 1. The number of halogens is 1. The van der Waals surface area contributed by atoms with E-state index in [-0.39, 0.29) is 17.8 Å². The maximum absolute atomic E-state index is 14.4. The van der Waals surface area contributed by atoms with Gasteiger partial charge in [-0.1, -0.05) is 6.07 Å². The standard InChI is InChI=1S/C24H25FN4O5/c1-31-23-16(25)3-2-4-18(23)29-22-20-17(6-8-27-24(20)30)28-21(22)15-5-7-26-11-19(15)34-13-14-12-32-9-10-33-14/h2-5,7,11,14,28-29H,6,8-10,12-13H2,1H3,(H,27,30). The summed E-state index contributed by atoms with van der Waals surface area (Å²) in [5.41, 5.74) is 3.48. The molecule has 2 aliphatic heterocycles. The van der Waals surface area contributed by atoms with Gasteiger partial charge < -0.3 is 34.6 Å². The van der Waals surface area contributed by atoms with Crippen LogP contribution in [0.4, 0.5) is 15.8 Å². The van der Waals surface area contributed by atoms with Gasteiger partial charge in [-0.3, -0.25) is 9.78 Å². The lowest BCUT2D eigenvalue weighted by Gasteiger charge is -2.23. The van der Waals surface area contributed by atoms with Crippen molar-refractivity contribution < 1.29 is 28.1 Å². The van der Waals surface area contributed by atoms with Crippen molar-refractivity contribution in [1.29, 1.82) is 0 Å². The third-order valence-corrected chi connectivity index (χ3v) is 5.76. The minimum atomic E-state index is -0.509. The van der Waals surface area contributed by atoms with Gasteiger partial charge in [0.2, 0.25) is 0 Å². The lowest BCUT2D eigenvalue weighted by molar-refractivity contribution is -0.101. The number of H-pyrrole nitrogens is 1. The second-order valence-electron chi connectivity index (χ2n) is 7.93. The Morgan fingerprint density at radius 2 is 2.21 bits per heavy atom. The third-order valence-electron chi connectivity index (χ3n) is 5.76. The Morgan fingerprint density at radius 3 is 3.03 bits per heavy atom. The Labute approximate surface area is 195 Å². The van der Waals surface area contributed by atoms with Gasteiger partial charge in [0.25, 0.3) is 5.91 Å². The van der Waals surface area contributed by atoms with Gasteiger partial charge in [0.15, 0.2) is 11.6 Å². The number of nitrogens with zero attached hydrogens (tertiary/aromatic N) is 1. The van der Waals surface area contributed by atoms with Crippen molar-refractivity contribution in [2.75, 3.05) is 45.4 Å². The number of anilines is 2. The fourth-order valence-corrected chi connectivity index (χ4v) is 4.17. The molecule has 1 saturated heterocycles. The van der Waals surface area contributed by atoms with Gasteiger partial charge in [-0.25, -0.2) is 4.39 Å². The van der Waals surface area contributed by atoms with Gasteiger partial charge in [-0.15, -0.1) is 0 Å². The van der Waals surface area contributed by atoms with Gasteiger partial charge in [0.1, 0.15) is 18.5 Å². The zero-order valence-corrected chi connectivity index (χ0v) is 18.7. The first kappa shape index (κ1) is 22.2. The number of aromatic amines is 1. The van der Waals surface area contributed by atoms with Crippen molar-refractivity contribution in [2.45, 2.75) is 12.5 Å². The summed E-state index contributed by atoms with van der Waals surface area (Å²) in [6.07, 6.45) is 3.71. The Kier molecular flexibility index (Phi) is 6.33. The maximum atomic E-state index is 14.4. The lowest BCUT2D eigenvalue weighted by Crippen LogP contribution is -2.33. The van der Waals surface area contributed by atoms with E-state index in [0.717, 1.165) is 5.69 Å². The Balaban J connectivity index is 1.55. The minimum Gasteiger partial charge on any atom is -0.492 e. The molecule has 1 fully saturated rings. The number of fused-ring (bicyclic) bond motifs is 1. The van der Waals surface area contributed by atoms with Crippen molar-refractivity contribution in [2.24, 2.45) is 0 Å². The number of nitrogens with one attached hydrogen (secondary N) is 3. The maximum Gasteiger partial charge on any atom is 0.255 e. The number of hydrogen-bond donors (Lipinski definition) is 3. The van der Waals surface area contributed by atoms with Crippen molar-refractivity contribution in [3.8, 4) is 22.8 Å². The molecule has 1 unspecified atom stereocenters. The molecular weight excluding hydrogens is 443 g/mol. The molecule has 3 aromatic rings. The van der Waals surface area contributed by atoms with Gasteiger partial charge in [-0.05, 0) is 18.2 Å². The normalized spacial score (nSPS) is 17.6. The number of pyridine rings is 1. The predicted molar refractivity (Wildman–Crippen MR) is 122 cm³/mol. The van der Waals surface area contributed by atoms with Crippen LogP contribution in [0.3, 0.4) is 0 Å². The van der Waals surface area contributed by atoms with Crippen LogP contribution < -0.4 is 20.1 Å². The van der Waals surface area contributed by atoms with Crippen LogP contribution >= 0.6 is 0 Å². The van der Waals surface area contributed by atoms with Crippen molar-refractivity contribution in [3.63, 3.8) is 0 Å². The first-order chi connectivity index (χ1) is 16.7. The van der Waals surface area contributed by atoms with Gasteiger partial charge >= 0.3 is 0 Å². The summed E-state index contributed by atoms with van der Waals surface area (Å²) < 4.78 is 36.8.